The maximum atomic E-state index is 9.94. The Kier molecular flexibility index (Phi) is 4.69. The summed E-state index contributed by atoms with van der Waals surface area (Å²) in [6.45, 7) is 10.3. The lowest BCUT2D eigenvalue weighted by molar-refractivity contribution is 0.0565. The van der Waals surface area contributed by atoms with Crippen LogP contribution in [-0.2, 0) is 12.8 Å². The highest BCUT2D eigenvalue weighted by atomic mass is 16.5. The number of aliphatic hydroxyl groups excluding tert-OH is 1. The molecule has 4 nitrogen and oxygen atoms in total. The number of rotatable bonds is 5. The van der Waals surface area contributed by atoms with Crippen LogP contribution < -0.4 is 0 Å². The van der Waals surface area contributed by atoms with E-state index in [2.05, 4.69) is 24.0 Å². The summed E-state index contributed by atoms with van der Waals surface area (Å²) < 4.78 is 5.14. The van der Waals surface area contributed by atoms with Gasteiger partial charge in [0.05, 0.1) is 12.5 Å². The predicted molar refractivity (Wildman–Crippen MR) is 66.6 cm³/mol. The molecule has 0 spiro atoms. The van der Waals surface area contributed by atoms with Gasteiger partial charge in [-0.1, -0.05) is 39.8 Å². The van der Waals surface area contributed by atoms with Crippen LogP contribution in [0.25, 0.3) is 0 Å². The minimum atomic E-state index is -0.458. The average Bonchev–Trinajstić information content (AvgIpc) is 2.61. The molecule has 0 aliphatic carbocycles. The summed E-state index contributed by atoms with van der Waals surface area (Å²) in [6, 6.07) is 0. The molecule has 0 aliphatic heterocycles. The molecule has 1 atom stereocenters. The Balaban J connectivity index is 2.51. The molecule has 0 amide bonds. The third-order valence-corrected chi connectivity index (χ3v) is 2.82. The van der Waals surface area contributed by atoms with Crippen molar-refractivity contribution in [3.05, 3.63) is 11.7 Å². The first-order valence-corrected chi connectivity index (χ1v) is 6.28. The van der Waals surface area contributed by atoms with Gasteiger partial charge in [-0.2, -0.15) is 4.98 Å². The lowest BCUT2D eigenvalue weighted by atomic mass is 9.87. The first kappa shape index (κ1) is 14.2. The largest absolute Gasteiger partial charge is 0.392 e. The molecule has 1 unspecified atom stereocenters. The molecule has 17 heavy (non-hydrogen) atoms. The minimum Gasteiger partial charge on any atom is -0.392 e. The highest BCUT2D eigenvalue weighted by Crippen LogP contribution is 2.21. The van der Waals surface area contributed by atoms with Crippen LogP contribution in [0, 0.1) is 11.3 Å². The zero-order valence-electron chi connectivity index (χ0n) is 11.5. The number of nitrogens with zero attached hydrogens (tertiary/aromatic N) is 2. The smallest absolute Gasteiger partial charge is 0.229 e. The zero-order chi connectivity index (χ0) is 13.1. The number of hydrogen-bond acceptors (Lipinski definition) is 4. The number of aliphatic hydroxyl groups is 1. The molecule has 0 bridgehead atoms. The summed E-state index contributed by atoms with van der Waals surface area (Å²) in [6.07, 6.45) is 1.87. The lowest BCUT2D eigenvalue weighted by Crippen LogP contribution is -2.28. The van der Waals surface area contributed by atoms with Crippen molar-refractivity contribution in [3.63, 3.8) is 0 Å². The summed E-state index contributed by atoms with van der Waals surface area (Å²) in [5.41, 5.74) is -0.160. The van der Waals surface area contributed by atoms with Crippen LogP contribution in [0.15, 0.2) is 4.52 Å². The average molecular weight is 240 g/mol. The number of aryl methyl sites for hydroxylation is 1. The van der Waals surface area contributed by atoms with E-state index in [1.807, 2.05) is 20.8 Å². The fourth-order valence-corrected chi connectivity index (χ4v) is 1.36. The molecule has 1 aromatic heterocycles. The van der Waals surface area contributed by atoms with Crippen LogP contribution in [0.3, 0.4) is 0 Å². The lowest BCUT2D eigenvalue weighted by Gasteiger charge is -2.24. The molecule has 0 aliphatic rings. The summed E-state index contributed by atoms with van der Waals surface area (Å²) in [4.78, 5) is 4.30. The molecule has 1 heterocycles. The summed E-state index contributed by atoms with van der Waals surface area (Å²) in [7, 11) is 0. The fraction of sp³-hybridized carbons (Fsp3) is 0.846. The third-order valence-electron chi connectivity index (χ3n) is 2.82. The normalized spacial score (nSPS) is 14.3. The van der Waals surface area contributed by atoms with E-state index in [4.69, 9.17) is 4.52 Å². The van der Waals surface area contributed by atoms with E-state index in [0.29, 0.717) is 18.2 Å². The molecule has 1 aromatic rings. The van der Waals surface area contributed by atoms with Gasteiger partial charge in [0.2, 0.25) is 5.89 Å². The van der Waals surface area contributed by atoms with E-state index in [9.17, 15) is 5.11 Å². The van der Waals surface area contributed by atoms with Gasteiger partial charge < -0.3 is 9.63 Å². The van der Waals surface area contributed by atoms with E-state index < -0.39 is 6.10 Å². The molecule has 0 fully saturated rings. The number of aromatic nitrogens is 2. The van der Waals surface area contributed by atoms with E-state index >= 15 is 0 Å². The molecular weight excluding hydrogens is 216 g/mol. The third kappa shape index (κ3) is 4.86. The van der Waals surface area contributed by atoms with E-state index in [-0.39, 0.29) is 5.41 Å². The van der Waals surface area contributed by atoms with Gasteiger partial charge in [-0.05, 0) is 17.8 Å². The van der Waals surface area contributed by atoms with Crippen LogP contribution in [0.4, 0.5) is 0 Å². The van der Waals surface area contributed by atoms with Crippen molar-refractivity contribution >= 4 is 0 Å². The number of hydrogen-bond donors (Lipinski definition) is 1. The van der Waals surface area contributed by atoms with Gasteiger partial charge in [-0.25, -0.2) is 0 Å². The van der Waals surface area contributed by atoms with Crippen LogP contribution in [0.2, 0.25) is 0 Å². The quantitative estimate of drug-likeness (QED) is 0.859. The standard InChI is InChI=1S/C13H24N2O2/c1-9(2)6-7-11-14-12(17-15-11)8-10(16)13(3,4)5/h9-10,16H,6-8H2,1-5H3. The van der Waals surface area contributed by atoms with Gasteiger partial charge in [-0.15, -0.1) is 0 Å². The summed E-state index contributed by atoms with van der Waals surface area (Å²) in [5.74, 6) is 1.91. The molecule has 0 aromatic carbocycles. The summed E-state index contributed by atoms with van der Waals surface area (Å²) >= 11 is 0. The second kappa shape index (κ2) is 5.63. The highest BCUT2D eigenvalue weighted by Gasteiger charge is 2.24. The zero-order valence-corrected chi connectivity index (χ0v) is 11.5. The Labute approximate surface area is 103 Å². The maximum Gasteiger partial charge on any atom is 0.229 e. The van der Waals surface area contributed by atoms with E-state index in [1.165, 1.54) is 0 Å². The van der Waals surface area contributed by atoms with Crippen molar-refractivity contribution in [3.8, 4) is 0 Å². The molecule has 4 heteroatoms. The van der Waals surface area contributed by atoms with Crippen molar-refractivity contribution in [2.45, 2.75) is 60.0 Å². The molecule has 1 N–H and O–H groups in total. The monoisotopic (exact) mass is 240 g/mol. The first-order valence-electron chi connectivity index (χ1n) is 6.28. The maximum absolute atomic E-state index is 9.94. The van der Waals surface area contributed by atoms with Gasteiger partial charge >= 0.3 is 0 Å². The van der Waals surface area contributed by atoms with Gasteiger partial charge in [0.15, 0.2) is 5.82 Å². The topological polar surface area (TPSA) is 59.2 Å². The van der Waals surface area contributed by atoms with Gasteiger partial charge in [0.1, 0.15) is 0 Å². The fourth-order valence-electron chi connectivity index (χ4n) is 1.36. The van der Waals surface area contributed by atoms with Crippen LogP contribution in [0.5, 0.6) is 0 Å². The van der Waals surface area contributed by atoms with Gasteiger partial charge in [-0.3, -0.25) is 0 Å². The summed E-state index contributed by atoms with van der Waals surface area (Å²) in [5, 5.41) is 13.9. The van der Waals surface area contributed by atoms with E-state index in [1.54, 1.807) is 0 Å². The predicted octanol–water partition coefficient (Wildman–Crippen LogP) is 2.61. The molecule has 1 rings (SSSR count). The van der Waals surface area contributed by atoms with Crippen molar-refractivity contribution in [2.24, 2.45) is 11.3 Å². The SMILES string of the molecule is CC(C)CCc1noc(CC(O)C(C)(C)C)n1. The van der Waals surface area contributed by atoms with Crippen molar-refractivity contribution in [1.29, 1.82) is 0 Å². The Morgan fingerprint density at radius 3 is 2.47 bits per heavy atom. The Morgan fingerprint density at radius 2 is 1.94 bits per heavy atom. The second-order valence-corrected chi connectivity index (χ2v) is 6.12. The first-order chi connectivity index (χ1) is 7.79. The van der Waals surface area contributed by atoms with Crippen molar-refractivity contribution < 1.29 is 9.63 Å². The minimum absolute atomic E-state index is 0.160. The Bertz CT molecular complexity index is 339. The molecule has 0 saturated heterocycles. The van der Waals surface area contributed by atoms with Crippen LogP contribution >= 0.6 is 0 Å². The van der Waals surface area contributed by atoms with Crippen LogP contribution in [0.1, 0.15) is 52.8 Å². The van der Waals surface area contributed by atoms with E-state index in [0.717, 1.165) is 18.7 Å². The molecule has 98 valence electrons. The molecule has 0 saturated carbocycles. The Hall–Kier alpha value is -0.900. The van der Waals surface area contributed by atoms with Gasteiger partial charge in [0.25, 0.3) is 0 Å². The van der Waals surface area contributed by atoms with Gasteiger partial charge in [0, 0.05) is 6.42 Å². The van der Waals surface area contributed by atoms with Crippen molar-refractivity contribution in [1.82, 2.24) is 10.1 Å². The Morgan fingerprint density at radius 1 is 1.29 bits per heavy atom. The van der Waals surface area contributed by atoms with Crippen molar-refractivity contribution in [2.75, 3.05) is 0 Å². The second-order valence-electron chi connectivity index (χ2n) is 6.12. The van der Waals surface area contributed by atoms with Crippen LogP contribution in [-0.4, -0.2) is 21.4 Å². The molecule has 0 radical (unpaired) electrons. The highest BCUT2D eigenvalue weighted by molar-refractivity contribution is 4.90. The molecular formula is C13H24N2O2.